The maximum atomic E-state index is 2.45. The molecule has 54 heavy (non-hydrogen) atoms. The lowest BCUT2D eigenvalue weighted by atomic mass is 10.1. The van der Waals surface area contributed by atoms with Crippen molar-refractivity contribution in [2.75, 3.05) is 9.80 Å². The molecule has 0 saturated heterocycles. The Balaban J connectivity index is 1.29. The van der Waals surface area contributed by atoms with Crippen LogP contribution in [0.1, 0.15) is 0 Å². The van der Waals surface area contributed by atoms with Crippen LogP contribution in [0.25, 0.3) is 44.2 Å². The lowest BCUT2D eigenvalue weighted by Crippen LogP contribution is -2.10. The zero-order valence-electron chi connectivity index (χ0n) is 29.6. The molecule has 10 rings (SSSR count). The lowest BCUT2D eigenvalue weighted by Gasteiger charge is -2.26. The number of aromatic nitrogens is 2. The first-order valence-electron chi connectivity index (χ1n) is 18.4. The minimum Gasteiger partial charge on any atom is -0.310 e. The van der Waals surface area contributed by atoms with Gasteiger partial charge in [0.25, 0.3) is 0 Å². The molecule has 0 bridgehead atoms. The molecule has 0 aliphatic rings. The fourth-order valence-electron chi connectivity index (χ4n) is 7.93. The Labute approximate surface area is 314 Å². The van der Waals surface area contributed by atoms with E-state index in [1.165, 1.54) is 21.8 Å². The predicted molar refractivity (Wildman–Crippen MR) is 227 cm³/mol. The molecular formula is C50H36N4. The van der Waals surface area contributed by atoms with E-state index in [0.29, 0.717) is 0 Å². The van der Waals surface area contributed by atoms with E-state index in [1.54, 1.807) is 0 Å². The van der Waals surface area contributed by atoms with Gasteiger partial charge in [0.1, 0.15) is 0 Å². The molecule has 2 aromatic heterocycles. The van der Waals surface area contributed by atoms with E-state index in [-0.39, 0.29) is 0 Å². The molecule has 0 saturated carbocycles. The average Bonchev–Trinajstić information content (AvgIpc) is 3.75. The Hall–Kier alpha value is -7.30. The van der Waals surface area contributed by atoms with Gasteiger partial charge < -0.3 is 18.9 Å². The highest BCUT2D eigenvalue weighted by atomic mass is 15.2. The van der Waals surface area contributed by atoms with Gasteiger partial charge in [-0.1, -0.05) is 109 Å². The molecular weight excluding hydrogens is 657 g/mol. The van der Waals surface area contributed by atoms with Crippen LogP contribution in [0.4, 0.5) is 34.1 Å². The van der Waals surface area contributed by atoms with Gasteiger partial charge in [-0.2, -0.15) is 0 Å². The number of hydrogen-bond acceptors (Lipinski definition) is 2. The molecule has 0 spiro atoms. The van der Waals surface area contributed by atoms with Crippen molar-refractivity contribution in [1.29, 1.82) is 0 Å². The van der Waals surface area contributed by atoms with Crippen molar-refractivity contribution < 1.29 is 0 Å². The Morgan fingerprint density at radius 1 is 0.259 bits per heavy atom. The van der Waals surface area contributed by atoms with Crippen molar-refractivity contribution in [2.24, 2.45) is 0 Å². The molecule has 0 aliphatic heterocycles. The van der Waals surface area contributed by atoms with Crippen LogP contribution in [0.5, 0.6) is 0 Å². The number of benzene rings is 8. The first-order chi connectivity index (χ1) is 26.8. The second-order valence-electron chi connectivity index (χ2n) is 13.5. The second kappa shape index (κ2) is 13.4. The van der Waals surface area contributed by atoms with Crippen molar-refractivity contribution in [3.05, 3.63) is 218 Å². The smallest absolute Gasteiger partial charge is 0.0803 e. The number of fused-ring (bicyclic) bond motifs is 5. The minimum absolute atomic E-state index is 1.09. The SMILES string of the molecule is c1ccc(N(c2ccccc2)c2ccc3c(c2)n(-c2ccccc2)c2c4ccc(N(c5ccccc5)c5ccccc5)cc4n(-c4ccccc4)c32)cc1. The Bertz CT molecular complexity index is 2570. The number of hydrogen-bond donors (Lipinski definition) is 0. The van der Waals surface area contributed by atoms with Gasteiger partial charge in [0.05, 0.1) is 22.1 Å². The van der Waals surface area contributed by atoms with Crippen molar-refractivity contribution in [2.45, 2.75) is 0 Å². The summed E-state index contributed by atoms with van der Waals surface area (Å²) in [6.07, 6.45) is 0. The molecule has 4 heteroatoms. The molecule has 0 unspecified atom stereocenters. The number of rotatable bonds is 8. The van der Waals surface area contributed by atoms with Crippen LogP contribution in [0.3, 0.4) is 0 Å². The van der Waals surface area contributed by atoms with Crippen LogP contribution in [0.2, 0.25) is 0 Å². The van der Waals surface area contributed by atoms with Crippen molar-refractivity contribution in [3.8, 4) is 11.4 Å². The zero-order valence-corrected chi connectivity index (χ0v) is 29.6. The van der Waals surface area contributed by atoms with E-state index in [9.17, 15) is 0 Å². The van der Waals surface area contributed by atoms with Gasteiger partial charge in [0.2, 0.25) is 0 Å². The van der Waals surface area contributed by atoms with Gasteiger partial charge in [-0.3, -0.25) is 0 Å². The van der Waals surface area contributed by atoms with Crippen LogP contribution in [0.15, 0.2) is 218 Å². The zero-order chi connectivity index (χ0) is 35.8. The number of nitrogens with zero attached hydrogens (tertiary/aromatic N) is 4. The van der Waals surface area contributed by atoms with Crippen LogP contribution in [-0.4, -0.2) is 9.13 Å². The van der Waals surface area contributed by atoms with Crippen LogP contribution >= 0.6 is 0 Å². The maximum Gasteiger partial charge on any atom is 0.0803 e. The topological polar surface area (TPSA) is 16.3 Å². The van der Waals surface area contributed by atoms with Crippen molar-refractivity contribution in [1.82, 2.24) is 9.13 Å². The highest BCUT2D eigenvalue weighted by Crippen LogP contribution is 2.45. The number of para-hydroxylation sites is 6. The van der Waals surface area contributed by atoms with Crippen molar-refractivity contribution >= 4 is 67.0 Å². The fourth-order valence-corrected chi connectivity index (χ4v) is 7.93. The molecule has 4 nitrogen and oxygen atoms in total. The minimum atomic E-state index is 1.09. The van der Waals surface area contributed by atoms with Gasteiger partial charge in [-0.05, 0) is 109 Å². The Kier molecular flexibility index (Phi) is 7.77. The van der Waals surface area contributed by atoms with Gasteiger partial charge in [-0.25, -0.2) is 0 Å². The third-order valence-electron chi connectivity index (χ3n) is 10.2. The fraction of sp³-hybridized carbons (Fsp3) is 0. The molecule has 0 radical (unpaired) electrons. The summed E-state index contributed by atoms with van der Waals surface area (Å²) >= 11 is 0. The highest BCUT2D eigenvalue weighted by Gasteiger charge is 2.25. The normalized spacial score (nSPS) is 11.3. The summed E-state index contributed by atoms with van der Waals surface area (Å²) in [6.45, 7) is 0. The molecule has 0 N–H and O–H groups in total. The summed E-state index contributed by atoms with van der Waals surface area (Å²) in [4.78, 5) is 4.67. The summed E-state index contributed by atoms with van der Waals surface area (Å²) < 4.78 is 4.91. The molecule has 0 fully saturated rings. The molecule has 2 heterocycles. The van der Waals surface area contributed by atoms with Gasteiger partial charge in [0.15, 0.2) is 0 Å². The third-order valence-corrected chi connectivity index (χ3v) is 10.2. The van der Waals surface area contributed by atoms with E-state index in [0.717, 1.165) is 56.5 Å². The van der Waals surface area contributed by atoms with Gasteiger partial charge in [-0.15, -0.1) is 0 Å². The first kappa shape index (κ1) is 31.4. The average molecular weight is 693 g/mol. The maximum absolute atomic E-state index is 2.45. The molecule has 8 aromatic carbocycles. The van der Waals surface area contributed by atoms with E-state index < -0.39 is 0 Å². The number of anilines is 6. The highest BCUT2D eigenvalue weighted by molar-refractivity contribution is 6.21. The molecule has 0 atom stereocenters. The molecule has 0 amide bonds. The third kappa shape index (κ3) is 5.32. The monoisotopic (exact) mass is 692 g/mol. The quantitative estimate of drug-likeness (QED) is 0.158. The lowest BCUT2D eigenvalue weighted by molar-refractivity contribution is 1.17. The molecule has 256 valence electrons. The van der Waals surface area contributed by atoms with E-state index in [1.807, 2.05) is 0 Å². The van der Waals surface area contributed by atoms with Crippen molar-refractivity contribution in [3.63, 3.8) is 0 Å². The van der Waals surface area contributed by atoms with Crippen LogP contribution in [-0.2, 0) is 0 Å². The summed E-state index contributed by atoms with van der Waals surface area (Å²) in [7, 11) is 0. The largest absolute Gasteiger partial charge is 0.310 e. The summed E-state index contributed by atoms with van der Waals surface area (Å²) in [5, 5.41) is 2.37. The molecule has 10 aromatic rings. The van der Waals surface area contributed by atoms with Crippen LogP contribution < -0.4 is 9.80 Å². The first-order valence-corrected chi connectivity index (χ1v) is 18.4. The Morgan fingerprint density at radius 3 is 0.833 bits per heavy atom. The summed E-state index contributed by atoms with van der Waals surface area (Å²) in [5.41, 5.74) is 13.5. The van der Waals surface area contributed by atoms with E-state index in [2.05, 4.69) is 237 Å². The predicted octanol–water partition coefficient (Wildman–Crippen LogP) is 13.7. The molecule has 0 aliphatic carbocycles. The summed E-state index contributed by atoms with van der Waals surface area (Å²) in [5.74, 6) is 0. The van der Waals surface area contributed by atoms with Gasteiger partial charge in [0, 0.05) is 56.3 Å². The van der Waals surface area contributed by atoms with Gasteiger partial charge >= 0.3 is 0 Å². The summed E-state index contributed by atoms with van der Waals surface area (Å²) in [6, 6.07) is 77.9. The van der Waals surface area contributed by atoms with E-state index in [4.69, 9.17) is 0 Å². The van der Waals surface area contributed by atoms with Crippen LogP contribution in [0, 0.1) is 0 Å². The van der Waals surface area contributed by atoms with E-state index >= 15 is 0 Å². The standard InChI is InChI=1S/C50H36N4/c1-7-19-37(20-8-1)51(38-21-9-2-10-22-38)43-31-33-45-47(35-43)53(41-27-15-5-16-28-41)50-46-34-32-44(36-48(46)54(49(45)50)42-29-17-6-18-30-42)52(39-23-11-3-12-24-39)40-25-13-4-14-26-40/h1-36H. The Morgan fingerprint density at radius 2 is 0.537 bits per heavy atom. The second-order valence-corrected chi connectivity index (χ2v) is 13.5.